The SMILES string of the molecule is C#CCOC(=O)c1cccc(-c2ccc(CCC)cc2)n1. The molecule has 1 aromatic heterocycles. The molecule has 0 saturated heterocycles. The van der Waals surface area contributed by atoms with E-state index in [1.807, 2.05) is 18.2 Å². The Morgan fingerprint density at radius 3 is 2.67 bits per heavy atom. The van der Waals surface area contributed by atoms with Crippen LogP contribution in [0.25, 0.3) is 11.3 Å². The van der Waals surface area contributed by atoms with E-state index in [2.05, 4.69) is 30.0 Å². The number of hydrogen-bond donors (Lipinski definition) is 0. The molecule has 106 valence electrons. The maximum absolute atomic E-state index is 11.7. The van der Waals surface area contributed by atoms with E-state index in [0.717, 1.165) is 24.1 Å². The van der Waals surface area contributed by atoms with Gasteiger partial charge in [-0.15, -0.1) is 6.42 Å². The Balaban J connectivity index is 2.20. The van der Waals surface area contributed by atoms with Gasteiger partial charge >= 0.3 is 5.97 Å². The third kappa shape index (κ3) is 3.93. The molecule has 3 nitrogen and oxygen atoms in total. The van der Waals surface area contributed by atoms with E-state index in [0.29, 0.717) is 0 Å². The second-order valence-electron chi connectivity index (χ2n) is 4.64. The van der Waals surface area contributed by atoms with Crippen LogP contribution >= 0.6 is 0 Å². The lowest BCUT2D eigenvalue weighted by Gasteiger charge is -2.05. The van der Waals surface area contributed by atoms with Gasteiger partial charge in [0.2, 0.25) is 0 Å². The first-order valence-electron chi connectivity index (χ1n) is 6.91. The summed E-state index contributed by atoms with van der Waals surface area (Å²) in [5.74, 6) is 1.76. The van der Waals surface area contributed by atoms with Gasteiger partial charge in [0.25, 0.3) is 0 Å². The fraction of sp³-hybridized carbons (Fsp3) is 0.222. The molecule has 0 aliphatic rings. The molecule has 0 atom stereocenters. The zero-order valence-electron chi connectivity index (χ0n) is 12.0. The number of ether oxygens (including phenoxy) is 1. The molecule has 2 rings (SSSR count). The quantitative estimate of drug-likeness (QED) is 0.621. The molecule has 21 heavy (non-hydrogen) atoms. The van der Waals surface area contributed by atoms with Gasteiger partial charge in [0, 0.05) is 5.56 Å². The zero-order valence-corrected chi connectivity index (χ0v) is 12.0. The van der Waals surface area contributed by atoms with E-state index in [9.17, 15) is 4.79 Å². The van der Waals surface area contributed by atoms with E-state index >= 15 is 0 Å². The van der Waals surface area contributed by atoms with Gasteiger partial charge in [0.1, 0.15) is 5.69 Å². The molecule has 0 amide bonds. The zero-order chi connectivity index (χ0) is 15.1. The van der Waals surface area contributed by atoms with Gasteiger partial charge in [-0.05, 0) is 24.1 Å². The molecular weight excluding hydrogens is 262 g/mol. The summed E-state index contributed by atoms with van der Waals surface area (Å²) in [5, 5.41) is 0. The lowest BCUT2D eigenvalue weighted by Crippen LogP contribution is -2.07. The first-order chi connectivity index (χ1) is 10.2. The minimum Gasteiger partial charge on any atom is -0.448 e. The summed E-state index contributed by atoms with van der Waals surface area (Å²) in [6.07, 6.45) is 7.25. The Bertz CT molecular complexity index is 654. The Morgan fingerprint density at radius 2 is 2.00 bits per heavy atom. The van der Waals surface area contributed by atoms with Gasteiger partial charge in [-0.3, -0.25) is 0 Å². The summed E-state index contributed by atoms with van der Waals surface area (Å²) in [4.78, 5) is 16.1. The number of esters is 1. The molecule has 2 aromatic rings. The highest BCUT2D eigenvalue weighted by molar-refractivity contribution is 5.88. The minimum absolute atomic E-state index is 0.0452. The number of carbonyl (C=O) groups excluding carboxylic acids is 1. The van der Waals surface area contributed by atoms with E-state index in [4.69, 9.17) is 11.2 Å². The summed E-state index contributed by atoms with van der Waals surface area (Å²) in [7, 11) is 0. The van der Waals surface area contributed by atoms with Crippen molar-refractivity contribution in [3.63, 3.8) is 0 Å². The maximum Gasteiger partial charge on any atom is 0.357 e. The van der Waals surface area contributed by atoms with Gasteiger partial charge < -0.3 is 4.74 Å². The number of rotatable bonds is 5. The lowest BCUT2D eigenvalue weighted by atomic mass is 10.1. The van der Waals surface area contributed by atoms with Gasteiger partial charge in [-0.25, -0.2) is 9.78 Å². The average Bonchev–Trinajstić information content (AvgIpc) is 2.54. The van der Waals surface area contributed by atoms with Gasteiger partial charge in [-0.2, -0.15) is 0 Å². The average molecular weight is 279 g/mol. The van der Waals surface area contributed by atoms with Crippen LogP contribution in [0.4, 0.5) is 0 Å². The van der Waals surface area contributed by atoms with Crippen LogP contribution in [-0.2, 0) is 11.2 Å². The predicted molar refractivity (Wildman–Crippen MR) is 82.8 cm³/mol. The van der Waals surface area contributed by atoms with E-state index in [1.165, 1.54) is 5.56 Å². The largest absolute Gasteiger partial charge is 0.448 e. The molecule has 0 bridgehead atoms. The van der Waals surface area contributed by atoms with Crippen LogP contribution < -0.4 is 0 Å². The summed E-state index contributed by atoms with van der Waals surface area (Å²) >= 11 is 0. The smallest absolute Gasteiger partial charge is 0.357 e. The highest BCUT2D eigenvalue weighted by Gasteiger charge is 2.09. The lowest BCUT2D eigenvalue weighted by molar-refractivity contribution is 0.0550. The van der Waals surface area contributed by atoms with Crippen molar-refractivity contribution in [1.82, 2.24) is 4.98 Å². The topological polar surface area (TPSA) is 39.2 Å². The highest BCUT2D eigenvalue weighted by Crippen LogP contribution is 2.18. The normalized spacial score (nSPS) is 9.90. The van der Waals surface area contributed by atoms with Crippen molar-refractivity contribution in [2.45, 2.75) is 19.8 Å². The van der Waals surface area contributed by atoms with Gasteiger partial charge in [-0.1, -0.05) is 49.6 Å². The Labute approximate surface area is 125 Å². The second kappa shape index (κ2) is 7.25. The molecule has 1 heterocycles. The van der Waals surface area contributed by atoms with Crippen LogP contribution in [0.15, 0.2) is 42.5 Å². The van der Waals surface area contributed by atoms with Crippen molar-refractivity contribution >= 4 is 5.97 Å². The van der Waals surface area contributed by atoms with E-state index < -0.39 is 5.97 Å². The molecule has 0 spiro atoms. The Hall–Kier alpha value is -2.60. The fourth-order valence-corrected chi connectivity index (χ4v) is 2.02. The number of pyridine rings is 1. The van der Waals surface area contributed by atoms with Crippen LogP contribution in [0.2, 0.25) is 0 Å². The van der Waals surface area contributed by atoms with Crippen LogP contribution in [0, 0.1) is 12.3 Å². The van der Waals surface area contributed by atoms with Crippen LogP contribution in [-0.4, -0.2) is 17.6 Å². The molecular formula is C18H17NO2. The number of benzene rings is 1. The second-order valence-corrected chi connectivity index (χ2v) is 4.64. The summed E-state index contributed by atoms with van der Waals surface area (Å²) in [6.45, 7) is 2.11. The van der Waals surface area contributed by atoms with Crippen molar-refractivity contribution < 1.29 is 9.53 Å². The van der Waals surface area contributed by atoms with Crippen LogP contribution in [0.3, 0.4) is 0 Å². The summed E-state index contributed by atoms with van der Waals surface area (Å²) in [5.41, 5.74) is 3.28. The number of aromatic nitrogens is 1. The van der Waals surface area contributed by atoms with Crippen LogP contribution in [0.1, 0.15) is 29.4 Å². The number of aryl methyl sites for hydroxylation is 1. The molecule has 0 saturated carbocycles. The highest BCUT2D eigenvalue weighted by atomic mass is 16.5. The maximum atomic E-state index is 11.7. The first-order valence-corrected chi connectivity index (χ1v) is 6.91. The summed E-state index contributed by atoms with van der Waals surface area (Å²) in [6, 6.07) is 13.5. The Kier molecular flexibility index (Phi) is 5.11. The third-order valence-corrected chi connectivity index (χ3v) is 3.03. The molecule has 0 aliphatic carbocycles. The Morgan fingerprint density at radius 1 is 1.24 bits per heavy atom. The van der Waals surface area contributed by atoms with Crippen molar-refractivity contribution in [1.29, 1.82) is 0 Å². The summed E-state index contributed by atoms with van der Waals surface area (Å²) < 4.78 is 4.88. The van der Waals surface area contributed by atoms with Crippen molar-refractivity contribution in [3.05, 3.63) is 53.7 Å². The molecule has 0 unspecified atom stereocenters. The minimum atomic E-state index is -0.502. The monoisotopic (exact) mass is 279 g/mol. The van der Waals surface area contributed by atoms with Crippen LogP contribution in [0.5, 0.6) is 0 Å². The van der Waals surface area contributed by atoms with E-state index in [1.54, 1.807) is 12.1 Å². The molecule has 0 N–H and O–H groups in total. The molecule has 1 aromatic carbocycles. The predicted octanol–water partition coefficient (Wildman–Crippen LogP) is 3.49. The molecule has 3 heteroatoms. The number of terminal acetylenes is 1. The number of hydrogen-bond acceptors (Lipinski definition) is 3. The van der Waals surface area contributed by atoms with Gasteiger partial charge in [0.15, 0.2) is 6.61 Å². The molecule has 0 aliphatic heterocycles. The third-order valence-electron chi connectivity index (χ3n) is 3.03. The van der Waals surface area contributed by atoms with Crippen molar-refractivity contribution in [3.8, 4) is 23.6 Å². The van der Waals surface area contributed by atoms with Crippen molar-refractivity contribution in [2.75, 3.05) is 6.61 Å². The van der Waals surface area contributed by atoms with Gasteiger partial charge in [0.05, 0.1) is 5.69 Å². The molecule has 0 radical (unpaired) electrons. The van der Waals surface area contributed by atoms with Crippen molar-refractivity contribution in [2.24, 2.45) is 0 Å². The first kappa shape index (κ1) is 14.8. The number of nitrogens with zero attached hydrogens (tertiary/aromatic N) is 1. The van der Waals surface area contributed by atoms with E-state index in [-0.39, 0.29) is 12.3 Å². The number of carbonyl (C=O) groups is 1. The fourth-order valence-electron chi connectivity index (χ4n) is 2.02. The standard InChI is InChI=1S/C18H17NO2/c1-3-6-14-9-11-15(12-10-14)16-7-5-8-17(19-16)18(20)21-13-4-2/h2,5,7-12H,3,6,13H2,1H3. The molecule has 0 fully saturated rings.